The molecule has 2 aliphatic carbocycles. The highest BCUT2D eigenvalue weighted by atomic mass is 16.6. The molecule has 0 atom stereocenters. The van der Waals surface area contributed by atoms with Crippen molar-refractivity contribution in [2.75, 3.05) is 39.6 Å². The van der Waals surface area contributed by atoms with Crippen LogP contribution in [0.15, 0.2) is 24.3 Å². The first kappa shape index (κ1) is 48.9. The molecule has 320 valence electrons. The summed E-state index contributed by atoms with van der Waals surface area (Å²) in [6, 6.07) is 0. The van der Waals surface area contributed by atoms with Gasteiger partial charge in [-0.1, -0.05) is 77.7 Å². The Balaban J connectivity index is 1.81. The zero-order valence-electron chi connectivity index (χ0n) is 35.2. The van der Waals surface area contributed by atoms with E-state index >= 15 is 0 Å². The van der Waals surface area contributed by atoms with Gasteiger partial charge in [-0.2, -0.15) is 0 Å². The van der Waals surface area contributed by atoms with Gasteiger partial charge in [0.2, 0.25) is 0 Å². The van der Waals surface area contributed by atoms with Gasteiger partial charge < -0.3 is 28.8 Å². The molecule has 0 unspecified atom stereocenters. The van der Waals surface area contributed by atoms with Gasteiger partial charge in [-0.25, -0.2) is 0 Å². The molecule has 2 rings (SSSR count). The van der Waals surface area contributed by atoms with E-state index in [1.54, 1.807) is 0 Å². The topological polar surface area (TPSA) is 152 Å². The molecule has 0 saturated heterocycles. The van der Waals surface area contributed by atoms with Crippen molar-refractivity contribution in [1.29, 1.82) is 0 Å². The second kappa shape index (κ2) is 27.4. The van der Waals surface area contributed by atoms with Gasteiger partial charge in [0.15, 0.2) is 0 Å². The van der Waals surface area contributed by atoms with Crippen LogP contribution in [0, 0.1) is 22.2 Å². The van der Waals surface area contributed by atoms with Crippen LogP contribution in [0.1, 0.15) is 169 Å². The zero-order valence-corrected chi connectivity index (χ0v) is 35.2. The van der Waals surface area contributed by atoms with Crippen molar-refractivity contribution in [2.24, 2.45) is 22.2 Å². The molecular formula is C45H74O11. The van der Waals surface area contributed by atoms with Crippen molar-refractivity contribution in [3.63, 3.8) is 0 Å². The Morgan fingerprint density at radius 3 is 1.34 bits per heavy atom. The molecule has 0 amide bonds. The van der Waals surface area contributed by atoms with Crippen molar-refractivity contribution < 1.29 is 52.8 Å². The lowest BCUT2D eigenvalue weighted by atomic mass is 9.69. The highest BCUT2D eigenvalue weighted by molar-refractivity contribution is 5.79. The van der Waals surface area contributed by atoms with E-state index in [-0.39, 0.29) is 68.8 Å². The van der Waals surface area contributed by atoms with Gasteiger partial charge in [-0.05, 0) is 101 Å². The fourth-order valence-electron chi connectivity index (χ4n) is 7.76. The molecule has 11 heteroatoms. The number of rotatable bonds is 32. The van der Waals surface area contributed by atoms with Crippen molar-refractivity contribution in [3.05, 3.63) is 24.3 Å². The van der Waals surface area contributed by atoms with Crippen molar-refractivity contribution in [3.8, 4) is 0 Å². The maximum absolute atomic E-state index is 13.6. The van der Waals surface area contributed by atoms with Gasteiger partial charge in [-0.15, -0.1) is 0 Å². The summed E-state index contributed by atoms with van der Waals surface area (Å²) in [6.07, 6.45) is 24.4. The number of esters is 5. The summed E-state index contributed by atoms with van der Waals surface area (Å²) in [5.41, 5.74) is -2.18. The predicted octanol–water partition coefficient (Wildman–Crippen LogP) is 9.07. The fourth-order valence-corrected chi connectivity index (χ4v) is 7.76. The Morgan fingerprint density at radius 1 is 0.571 bits per heavy atom. The number of fused-ring (bicyclic) bond motifs is 2. The van der Waals surface area contributed by atoms with E-state index in [1.807, 2.05) is 12.2 Å². The lowest BCUT2D eigenvalue weighted by molar-refractivity contribution is -0.174. The minimum absolute atomic E-state index is 0.0474. The molecule has 0 heterocycles. The first-order valence-corrected chi connectivity index (χ1v) is 21.7. The van der Waals surface area contributed by atoms with E-state index in [0.29, 0.717) is 57.7 Å². The standard InChI is InChI=1S/C45H74O11/c1-5-7-9-11-13-15-21-31-52-38(47)23-17-19-25-40(49)54-34-44(33-46,36-56-42(51)45-29-27-37(28-30-45)43(45,3)4)35-55-41(50)26-20-18-24-39(48)53-32-22-16-14-12-10-8-6-2/h13-16,37,46H,5-12,17-36H2,1-4H3/b15-13-,16-14-. The predicted molar refractivity (Wildman–Crippen MR) is 215 cm³/mol. The van der Waals surface area contributed by atoms with Crippen LogP contribution >= 0.6 is 0 Å². The average Bonchev–Trinajstić information content (AvgIpc) is 3.60. The Hall–Kier alpha value is -3.21. The molecule has 56 heavy (non-hydrogen) atoms. The first-order valence-electron chi connectivity index (χ1n) is 21.7. The number of carbonyl (C=O) groups excluding carboxylic acids is 5. The average molecular weight is 791 g/mol. The second-order valence-corrected chi connectivity index (χ2v) is 16.5. The quantitative estimate of drug-likeness (QED) is 0.0301. The van der Waals surface area contributed by atoms with E-state index in [4.69, 9.17) is 23.7 Å². The number of hydrogen-bond donors (Lipinski definition) is 1. The molecule has 0 aliphatic heterocycles. The van der Waals surface area contributed by atoms with Crippen LogP contribution in [0.3, 0.4) is 0 Å². The van der Waals surface area contributed by atoms with Crippen LogP contribution < -0.4 is 0 Å². The largest absolute Gasteiger partial charge is 0.465 e. The number of ether oxygens (including phenoxy) is 5. The minimum atomic E-state index is -1.36. The number of aliphatic hydroxyl groups is 1. The van der Waals surface area contributed by atoms with Crippen LogP contribution in [-0.2, 0) is 47.7 Å². The minimum Gasteiger partial charge on any atom is -0.465 e. The molecular weight excluding hydrogens is 716 g/mol. The van der Waals surface area contributed by atoms with Crippen LogP contribution in [-0.4, -0.2) is 74.6 Å². The summed E-state index contributed by atoms with van der Waals surface area (Å²) < 4.78 is 27.6. The Bertz CT molecular complexity index is 1170. The van der Waals surface area contributed by atoms with Gasteiger partial charge in [0.05, 0.1) is 30.7 Å². The SMILES string of the molecule is CCCCC/C=C\CCOC(=O)CCCCC(=O)OCC(CO)(COC(=O)CCCCC(=O)OCC/C=C\CCCCC)COC(=O)C12CCC(CC1)C2(C)C. The summed E-state index contributed by atoms with van der Waals surface area (Å²) in [5.74, 6) is -1.57. The molecule has 1 N–H and O–H groups in total. The molecule has 2 saturated carbocycles. The second-order valence-electron chi connectivity index (χ2n) is 16.5. The molecule has 0 aromatic heterocycles. The third-order valence-corrected chi connectivity index (χ3v) is 11.8. The third-order valence-electron chi connectivity index (χ3n) is 11.8. The first-order chi connectivity index (χ1) is 26.9. The highest BCUT2D eigenvalue weighted by Gasteiger charge is 2.64. The van der Waals surface area contributed by atoms with Gasteiger partial charge in [-0.3, -0.25) is 24.0 Å². The molecule has 2 bridgehead atoms. The van der Waals surface area contributed by atoms with Gasteiger partial charge in [0.25, 0.3) is 0 Å². The molecule has 0 aromatic carbocycles. The van der Waals surface area contributed by atoms with Gasteiger partial charge in [0, 0.05) is 25.7 Å². The van der Waals surface area contributed by atoms with E-state index in [2.05, 4.69) is 39.8 Å². The maximum Gasteiger partial charge on any atom is 0.312 e. The summed E-state index contributed by atoms with van der Waals surface area (Å²) in [5, 5.41) is 10.6. The molecule has 11 nitrogen and oxygen atoms in total. The lowest BCUT2D eigenvalue weighted by Gasteiger charge is -2.37. The van der Waals surface area contributed by atoms with E-state index in [1.165, 1.54) is 25.7 Å². The summed E-state index contributed by atoms with van der Waals surface area (Å²) in [6.45, 7) is 7.73. The van der Waals surface area contributed by atoms with Gasteiger partial charge >= 0.3 is 29.8 Å². The Labute approximate surface area is 337 Å². The monoisotopic (exact) mass is 791 g/mol. The van der Waals surface area contributed by atoms with E-state index < -0.39 is 29.4 Å². The molecule has 0 aromatic rings. The van der Waals surface area contributed by atoms with E-state index in [0.717, 1.165) is 51.4 Å². The van der Waals surface area contributed by atoms with Crippen molar-refractivity contribution in [1.82, 2.24) is 0 Å². The smallest absolute Gasteiger partial charge is 0.312 e. The number of hydrogen-bond acceptors (Lipinski definition) is 11. The summed E-state index contributed by atoms with van der Waals surface area (Å²) in [7, 11) is 0. The van der Waals surface area contributed by atoms with Gasteiger partial charge in [0.1, 0.15) is 19.8 Å². The number of unbranched alkanes of at least 4 members (excludes halogenated alkanes) is 8. The molecule has 0 radical (unpaired) electrons. The number of carbonyl (C=O) groups is 5. The van der Waals surface area contributed by atoms with Crippen molar-refractivity contribution in [2.45, 2.75) is 169 Å². The Kier molecular flexibility index (Phi) is 24.0. The normalized spacial score (nSPS) is 18.7. The summed E-state index contributed by atoms with van der Waals surface area (Å²) >= 11 is 0. The van der Waals surface area contributed by atoms with E-state index in [9.17, 15) is 29.1 Å². The van der Waals surface area contributed by atoms with Crippen LogP contribution in [0.4, 0.5) is 0 Å². The molecule has 0 spiro atoms. The zero-order chi connectivity index (χ0) is 41.1. The maximum atomic E-state index is 13.6. The highest BCUT2D eigenvalue weighted by Crippen LogP contribution is 2.66. The fraction of sp³-hybridized carbons (Fsp3) is 0.800. The van der Waals surface area contributed by atoms with Crippen LogP contribution in [0.2, 0.25) is 0 Å². The van der Waals surface area contributed by atoms with Crippen molar-refractivity contribution >= 4 is 29.8 Å². The molecule has 2 aliphatic rings. The number of allylic oxidation sites excluding steroid dienone is 2. The van der Waals surface area contributed by atoms with Crippen LogP contribution in [0.25, 0.3) is 0 Å². The Morgan fingerprint density at radius 2 is 0.964 bits per heavy atom. The lowest BCUT2D eigenvalue weighted by Crippen LogP contribution is -2.46. The van der Waals surface area contributed by atoms with Crippen LogP contribution in [0.5, 0.6) is 0 Å². The number of aliphatic hydroxyl groups excluding tert-OH is 1. The molecule has 2 fully saturated rings. The summed E-state index contributed by atoms with van der Waals surface area (Å²) in [4.78, 5) is 63.3. The third kappa shape index (κ3) is 17.5.